The highest BCUT2D eigenvalue weighted by atomic mass is 32.2. The van der Waals surface area contributed by atoms with Crippen molar-refractivity contribution < 1.29 is 53.7 Å². The molecule has 15 nitrogen and oxygen atoms in total. The van der Waals surface area contributed by atoms with E-state index in [9.17, 15) is 44.2 Å². The summed E-state index contributed by atoms with van der Waals surface area (Å²) in [5.41, 5.74) is 1.15. The van der Waals surface area contributed by atoms with Crippen molar-refractivity contribution in [1.29, 1.82) is 0 Å². The number of aliphatic hydroxyl groups is 5. The van der Waals surface area contributed by atoms with Crippen molar-refractivity contribution in [2.45, 2.75) is 98.4 Å². The largest absolute Gasteiger partial charge is 0.479 e. The summed E-state index contributed by atoms with van der Waals surface area (Å²) in [6.45, 7) is 1.99. The van der Waals surface area contributed by atoms with Gasteiger partial charge in [-0.05, 0) is 30.5 Å². The van der Waals surface area contributed by atoms with Crippen LogP contribution in [0.2, 0.25) is 0 Å². The number of aliphatic hydroxyl groups excluding tert-OH is 5. The summed E-state index contributed by atoms with van der Waals surface area (Å²) >= 11 is 1.39. The summed E-state index contributed by atoms with van der Waals surface area (Å²) < 4.78 is 39.4. The Kier molecular flexibility index (Phi) is 8.92. The number of ether oxygens (including phenoxy) is 2. The number of carboxylic acid groups (broad SMARTS) is 1. The number of carbonyl (C=O) groups is 1. The van der Waals surface area contributed by atoms with E-state index in [0.717, 1.165) is 12.5 Å². The average Bonchev–Trinajstić information content (AvgIpc) is 3.56. The van der Waals surface area contributed by atoms with E-state index in [4.69, 9.17) is 9.47 Å². The van der Waals surface area contributed by atoms with Crippen LogP contribution in [-0.4, -0.2) is 122 Å². The Balaban J connectivity index is 1.24. The van der Waals surface area contributed by atoms with Gasteiger partial charge < -0.3 is 45.4 Å². The molecule has 18 heteroatoms. The molecule has 244 valence electrons. The molecule has 2 aromatic heterocycles. The van der Waals surface area contributed by atoms with Gasteiger partial charge in [-0.2, -0.15) is 0 Å². The van der Waals surface area contributed by atoms with Crippen LogP contribution in [0.4, 0.5) is 14.6 Å². The van der Waals surface area contributed by atoms with Crippen molar-refractivity contribution in [1.82, 2.24) is 25.0 Å². The Morgan fingerprint density at radius 1 is 1.07 bits per heavy atom. The minimum absolute atomic E-state index is 0.0886. The van der Waals surface area contributed by atoms with E-state index in [1.54, 1.807) is 0 Å². The third-order valence-corrected chi connectivity index (χ3v) is 9.31. The lowest BCUT2D eigenvalue weighted by molar-refractivity contribution is -0.309. The molecule has 3 fully saturated rings. The number of hydrogen-bond acceptors (Lipinski definition) is 14. The number of hydrogen-bond donors (Lipinski definition) is 7. The van der Waals surface area contributed by atoms with E-state index in [2.05, 4.69) is 25.6 Å². The zero-order valence-corrected chi connectivity index (χ0v) is 24.5. The number of benzene rings is 1. The van der Waals surface area contributed by atoms with E-state index in [1.165, 1.54) is 28.6 Å². The van der Waals surface area contributed by atoms with Crippen LogP contribution in [0.3, 0.4) is 0 Å². The summed E-state index contributed by atoms with van der Waals surface area (Å²) in [6.07, 6.45) is -12.2. The number of halogens is 2. The predicted octanol–water partition coefficient (Wildman–Crippen LogP) is -0.0864. The summed E-state index contributed by atoms with van der Waals surface area (Å²) in [7, 11) is 0. The van der Waals surface area contributed by atoms with Crippen LogP contribution >= 0.6 is 11.8 Å². The number of aromatic nitrogens is 5. The lowest BCUT2D eigenvalue weighted by Crippen LogP contribution is -2.61. The second kappa shape index (κ2) is 12.6. The van der Waals surface area contributed by atoms with Crippen molar-refractivity contribution in [3.05, 3.63) is 35.4 Å². The first kappa shape index (κ1) is 31.9. The van der Waals surface area contributed by atoms with E-state index in [1.807, 2.05) is 6.92 Å². The van der Waals surface area contributed by atoms with Gasteiger partial charge in [0.05, 0.1) is 12.1 Å². The van der Waals surface area contributed by atoms with Crippen LogP contribution in [0.1, 0.15) is 43.7 Å². The quantitative estimate of drug-likeness (QED) is 0.112. The molecule has 1 saturated heterocycles. The Labute approximate surface area is 258 Å². The van der Waals surface area contributed by atoms with Gasteiger partial charge in [-0.15, -0.1) is 5.10 Å². The van der Waals surface area contributed by atoms with Gasteiger partial charge in [0.2, 0.25) is 0 Å². The molecule has 45 heavy (non-hydrogen) atoms. The van der Waals surface area contributed by atoms with E-state index < -0.39 is 72.7 Å². The summed E-state index contributed by atoms with van der Waals surface area (Å²) in [5.74, 6) is -2.48. The molecule has 7 N–H and O–H groups in total. The minimum Gasteiger partial charge on any atom is -0.479 e. The van der Waals surface area contributed by atoms with Crippen molar-refractivity contribution in [3.63, 3.8) is 0 Å². The summed E-state index contributed by atoms with van der Waals surface area (Å²) in [5, 5.41) is 73.7. The number of nitrogens with zero attached hydrogens (tertiary/aromatic N) is 5. The molecule has 0 bridgehead atoms. The molecule has 3 aromatic rings. The number of thioether (sulfide) groups is 1. The molecule has 0 spiro atoms. The molecule has 11 unspecified atom stereocenters. The number of nitrogens with one attached hydrogen (secondary N) is 1. The van der Waals surface area contributed by atoms with Gasteiger partial charge in [0, 0.05) is 24.1 Å². The van der Waals surface area contributed by atoms with Crippen LogP contribution in [0, 0.1) is 11.6 Å². The number of aliphatic carboxylic acids is 1. The lowest BCUT2D eigenvalue weighted by atomic mass is 9.99. The zero-order chi connectivity index (χ0) is 32.2. The second-order valence-corrected chi connectivity index (χ2v) is 12.4. The van der Waals surface area contributed by atoms with Crippen LogP contribution in [0.25, 0.3) is 11.2 Å². The van der Waals surface area contributed by atoms with Gasteiger partial charge in [-0.1, -0.05) is 30.0 Å². The van der Waals surface area contributed by atoms with Gasteiger partial charge in [0.1, 0.15) is 30.5 Å². The molecule has 0 amide bonds. The summed E-state index contributed by atoms with van der Waals surface area (Å²) in [4.78, 5) is 20.7. The van der Waals surface area contributed by atoms with Crippen molar-refractivity contribution in [2.24, 2.45) is 0 Å². The van der Waals surface area contributed by atoms with Crippen LogP contribution in [-0.2, 0) is 14.3 Å². The molecule has 1 aliphatic heterocycles. The van der Waals surface area contributed by atoms with Crippen molar-refractivity contribution in [2.75, 3.05) is 11.1 Å². The monoisotopic (exact) mass is 654 g/mol. The molecular formula is C27H32F2N6O9S. The fourth-order valence-corrected chi connectivity index (χ4v) is 6.41. The molecule has 2 saturated carbocycles. The number of anilines is 1. The third kappa shape index (κ3) is 6.08. The average molecular weight is 655 g/mol. The van der Waals surface area contributed by atoms with Gasteiger partial charge >= 0.3 is 5.97 Å². The van der Waals surface area contributed by atoms with E-state index in [-0.39, 0.29) is 29.5 Å². The van der Waals surface area contributed by atoms with Gasteiger partial charge in [-0.25, -0.2) is 28.2 Å². The van der Waals surface area contributed by atoms with Gasteiger partial charge in [0.25, 0.3) is 0 Å². The first-order valence-corrected chi connectivity index (χ1v) is 15.4. The van der Waals surface area contributed by atoms with Gasteiger partial charge in [0.15, 0.2) is 46.2 Å². The van der Waals surface area contributed by atoms with Crippen molar-refractivity contribution >= 4 is 34.7 Å². The fraction of sp³-hybridized carbons (Fsp3) is 0.593. The molecule has 2 aliphatic carbocycles. The third-order valence-electron chi connectivity index (χ3n) is 8.26. The Morgan fingerprint density at radius 2 is 1.84 bits per heavy atom. The highest BCUT2D eigenvalue weighted by Crippen LogP contribution is 2.44. The highest BCUT2D eigenvalue weighted by molar-refractivity contribution is 7.99. The fourth-order valence-electron chi connectivity index (χ4n) is 5.72. The number of fused-ring (bicyclic) bond motifs is 1. The van der Waals surface area contributed by atoms with Crippen LogP contribution < -0.4 is 5.32 Å². The lowest BCUT2D eigenvalue weighted by Gasteiger charge is -2.39. The Bertz CT molecular complexity index is 1570. The van der Waals surface area contributed by atoms with Crippen LogP contribution in [0.15, 0.2) is 23.4 Å². The van der Waals surface area contributed by atoms with E-state index in [0.29, 0.717) is 28.7 Å². The number of carboxylic acids is 1. The Hall–Kier alpha value is -3.10. The summed E-state index contributed by atoms with van der Waals surface area (Å²) in [6, 6.07) is 2.70. The maximum atomic E-state index is 13.8. The maximum absolute atomic E-state index is 13.8. The molecule has 1 aromatic carbocycles. The predicted molar refractivity (Wildman–Crippen MR) is 150 cm³/mol. The van der Waals surface area contributed by atoms with E-state index >= 15 is 0 Å². The molecule has 3 aliphatic rings. The first-order valence-electron chi connectivity index (χ1n) is 14.4. The number of rotatable bonds is 10. The topological polar surface area (TPSA) is 225 Å². The second-order valence-electron chi connectivity index (χ2n) is 11.4. The zero-order valence-electron chi connectivity index (χ0n) is 23.7. The minimum atomic E-state index is -1.92. The van der Waals surface area contributed by atoms with Gasteiger partial charge in [-0.3, -0.25) is 0 Å². The molecule has 3 heterocycles. The maximum Gasteiger partial charge on any atom is 0.335 e. The Morgan fingerprint density at radius 3 is 2.56 bits per heavy atom. The highest BCUT2D eigenvalue weighted by Gasteiger charge is 2.51. The molecule has 0 radical (unpaired) electrons. The first-order chi connectivity index (χ1) is 21.5. The molecular weight excluding hydrogens is 622 g/mol. The van der Waals surface area contributed by atoms with Crippen LogP contribution in [0.5, 0.6) is 0 Å². The standard InChI is InChI=1S/C27H32F2N6O9S/c1-2-5-45-27-31-23(30-13-7-10(13)9-3-4-11(28)12(29)6-9)16-24(32-27)35(34-33-16)14-8-15(18(37)17(14)36)43-26-21(40)19(38)20(39)22(44-26)25(41)42/h3-4,6,10,13-15,17-22,26,36-40H,2,5,7-8H2,1H3,(H,41,42)(H,30,31,32). The normalized spacial score (nSPS) is 34.7. The molecule has 6 rings (SSSR count). The smallest absolute Gasteiger partial charge is 0.335 e. The van der Waals surface area contributed by atoms with Crippen molar-refractivity contribution in [3.8, 4) is 0 Å². The SMILES string of the molecule is CCCSc1nc(NC2CC2c2ccc(F)c(F)c2)c2nnn(C3CC(OC4OC(C(=O)O)C(O)C(O)C4O)C(O)C3O)c2n1. The molecule has 11 atom stereocenters.